The molecular weight excluding hydrogens is 434 g/mol. The van der Waals surface area contributed by atoms with Gasteiger partial charge in [0.2, 0.25) is 5.78 Å². The van der Waals surface area contributed by atoms with Crippen LogP contribution in [0.5, 0.6) is 17.2 Å². The zero-order chi connectivity index (χ0) is 22.7. The Morgan fingerprint density at radius 3 is 2.38 bits per heavy atom. The van der Waals surface area contributed by atoms with E-state index in [1.807, 2.05) is 12.1 Å². The summed E-state index contributed by atoms with van der Waals surface area (Å²) in [7, 11) is 1.58. The van der Waals surface area contributed by atoms with E-state index < -0.39 is 4.92 Å². The van der Waals surface area contributed by atoms with E-state index in [9.17, 15) is 14.9 Å². The lowest BCUT2D eigenvalue weighted by Gasteiger charge is -2.07. The summed E-state index contributed by atoms with van der Waals surface area (Å²) in [5, 5.41) is 11.0. The van der Waals surface area contributed by atoms with Gasteiger partial charge in [0.05, 0.1) is 17.1 Å². The van der Waals surface area contributed by atoms with Crippen molar-refractivity contribution in [1.82, 2.24) is 0 Å². The van der Waals surface area contributed by atoms with Crippen LogP contribution in [0.15, 0.2) is 83.3 Å². The van der Waals surface area contributed by atoms with Gasteiger partial charge >= 0.3 is 0 Å². The number of hydrogen-bond acceptors (Lipinski definition) is 6. The first-order valence-corrected chi connectivity index (χ1v) is 9.83. The molecule has 3 aromatic carbocycles. The molecule has 0 aliphatic carbocycles. The standard InChI is InChI=1S/C24H16ClNO6/c1-30-18-3-2-4-19(14-18)31-17-8-5-15(6-9-17)24(27)23-12-11-22(32-23)20-10-7-16(26(28)29)13-21(20)25/h2-14H,1H3. The fourth-order valence-corrected chi connectivity index (χ4v) is 3.31. The van der Waals surface area contributed by atoms with Crippen LogP contribution >= 0.6 is 11.6 Å². The average Bonchev–Trinajstić information content (AvgIpc) is 3.29. The monoisotopic (exact) mass is 449 g/mol. The van der Waals surface area contributed by atoms with Gasteiger partial charge in [-0.05, 0) is 54.6 Å². The Morgan fingerprint density at radius 1 is 0.938 bits per heavy atom. The van der Waals surface area contributed by atoms with Crippen molar-refractivity contribution in [2.75, 3.05) is 7.11 Å². The molecule has 1 aromatic heterocycles. The molecule has 0 saturated carbocycles. The number of furan rings is 1. The van der Waals surface area contributed by atoms with E-state index in [-0.39, 0.29) is 22.3 Å². The van der Waals surface area contributed by atoms with Crippen molar-refractivity contribution in [3.05, 3.63) is 105 Å². The summed E-state index contributed by atoms with van der Waals surface area (Å²) in [6, 6.07) is 21.0. The number of benzene rings is 3. The highest BCUT2D eigenvalue weighted by atomic mass is 35.5. The van der Waals surface area contributed by atoms with E-state index in [4.69, 9.17) is 25.5 Å². The predicted molar refractivity (Wildman–Crippen MR) is 119 cm³/mol. The van der Waals surface area contributed by atoms with E-state index in [1.54, 1.807) is 49.6 Å². The highest BCUT2D eigenvalue weighted by Crippen LogP contribution is 2.33. The Labute approximate surface area is 187 Å². The fourth-order valence-electron chi connectivity index (χ4n) is 3.04. The van der Waals surface area contributed by atoms with Crippen molar-refractivity contribution in [3.8, 4) is 28.6 Å². The summed E-state index contributed by atoms with van der Waals surface area (Å²) in [5.41, 5.74) is 0.745. The first-order chi connectivity index (χ1) is 15.4. The second kappa shape index (κ2) is 8.95. The molecule has 4 rings (SSSR count). The highest BCUT2D eigenvalue weighted by Gasteiger charge is 2.17. The molecule has 0 unspecified atom stereocenters. The number of carbonyl (C=O) groups is 1. The van der Waals surface area contributed by atoms with E-state index in [2.05, 4.69) is 0 Å². The number of non-ortho nitro benzene ring substituents is 1. The van der Waals surface area contributed by atoms with Gasteiger partial charge in [0.1, 0.15) is 23.0 Å². The SMILES string of the molecule is COc1cccc(Oc2ccc(C(=O)c3ccc(-c4ccc([N+](=O)[O-])cc4Cl)o3)cc2)c1. The van der Waals surface area contributed by atoms with Crippen LogP contribution in [0.1, 0.15) is 16.1 Å². The Bertz CT molecular complexity index is 1300. The quantitative estimate of drug-likeness (QED) is 0.181. The second-order valence-electron chi connectivity index (χ2n) is 6.72. The smallest absolute Gasteiger partial charge is 0.270 e. The van der Waals surface area contributed by atoms with Gasteiger partial charge in [0.25, 0.3) is 5.69 Å². The molecule has 0 aliphatic rings. The van der Waals surface area contributed by atoms with Gasteiger partial charge in [-0.3, -0.25) is 14.9 Å². The highest BCUT2D eigenvalue weighted by molar-refractivity contribution is 6.33. The molecule has 0 aliphatic heterocycles. The van der Waals surface area contributed by atoms with Gasteiger partial charge in [-0.15, -0.1) is 0 Å². The lowest BCUT2D eigenvalue weighted by atomic mass is 10.1. The van der Waals surface area contributed by atoms with Gasteiger partial charge < -0.3 is 13.9 Å². The van der Waals surface area contributed by atoms with Crippen LogP contribution in [-0.4, -0.2) is 17.8 Å². The van der Waals surface area contributed by atoms with Crippen molar-refractivity contribution >= 4 is 23.1 Å². The number of nitrogens with zero attached hydrogens (tertiary/aromatic N) is 1. The summed E-state index contributed by atoms with van der Waals surface area (Å²) >= 11 is 6.15. The van der Waals surface area contributed by atoms with Crippen molar-refractivity contribution in [3.63, 3.8) is 0 Å². The molecule has 0 N–H and O–H groups in total. The van der Waals surface area contributed by atoms with Crippen molar-refractivity contribution in [2.24, 2.45) is 0 Å². The number of halogens is 1. The third-order valence-corrected chi connectivity index (χ3v) is 4.96. The summed E-state index contributed by atoms with van der Waals surface area (Å²) < 4.78 is 16.6. The van der Waals surface area contributed by atoms with Gasteiger partial charge in [-0.25, -0.2) is 0 Å². The van der Waals surface area contributed by atoms with E-state index in [0.717, 1.165) is 0 Å². The van der Waals surface area contributed by atoms with Gasteiger partial charge in [0, 0.05) is 29.3 Å². The number of rotatable bonds is 7. The Balaban J connectivity index is 1.50. The Morgan fingerprint density at radius 2 is 1.69 bits per heavy atom. The largest absolute Gasteiger partial charge is 0.497 e. The molecule has 7 nitrogen and oxygen atoms in total. The molecule has 0 bridgehead atoms. The van der Waals surface area contributed by atoms with E-state index >= 15 is 0 Å². The number of ketones is 1. The summed E-state index contributed by atoms with van der Waals surface area (Å²) in [4.78, 5) is 23.1. The molecule has 32 heavy (non-hydrogen) atoms. The molecule has 0 radical (unpaired) electrons. The maximum atomic E-state index is 12.8. The summed E-state index contributed by atoms with van der Waals surface area (Å²) in [5.74, 6) is 1.99. The maximum Gasteiger partial charge on any atom is 0.270 e. The van der Waals surface area contributed by atoms with Crippen LogP contribution in [0.25, 0.3) is 11.3 Å². The predicted octanol–water partition coefficient (Wildman–Crippen LogP) is 6.54. The van der Waals surface area contributed by atoms with Crippen LogP contribution < -0.4 is 9.47 Å². The summed E-state index contributed by atoms with van der Waals surface area (Å²) in [6.07, 6.45) is 0. The number of methoxy groups -OCH3 is 1. The van der Waals surface area contributed by atoms with Crippen molar-refractivity contribution in [2.45, 2.75) is 0 Å². The first-order valence-electron chi connectivity index (χ1n) is 9.45. The number of carbonyl (C=O) groups excluding carboxylic acids is 1. The third kappa shape index (κ3) is 4.48. The third-order valence-electron chi connectivity index (χ3n) is 4.65. The lowest BCUT2D eigenvalue weighted by molar-refractivity contribution is -0.384. The maximum absolute atomic E-state index is 12.8. The molecule has 160 valence electrons. The number of nitro benzene ring substituents is 1. The molecule has 0 atom stereocenters. The van der Waals surface area contributed by atoms with Crippen molar-refractivity contribution in [1.29, 1.82) is 0 Å². The van der Waals surface area contributed by atoms with Crippen LogP contribution in [0, 0.1) is 10.1 Å². The van der Waals surface area contributed by atoms with Crippen LogP contribution in [0.4, 0.5) is 5.69 Å². The number of nitro groups is 1. The van der Waals surface area contributed by atoms with Crippen LogP contribution in [0.2, 0.25) is 5.02 Å². The minimum atomic E-state index is -0.533. The molecule has 0 amide bonds. The van der Waals surface area contributed by atoms with E-state index in [1.165, 1.54) is 24.3 Å². The number of ether oxygens (including phenoxy) is 2. The Kier molecular flexibility index (Phi) is 5.91. The molecule has 4 aromatic rings. The minimum Gasteiger partial charge on any atom is -0.497 e. The first kappa shape index (κ1) is 21.1. The van der Waals surface area contributed by atoms with Crippen molar-refractivity contribution < 1.29 is 23.6 Å². The van der Waals surface area contributed by atoms with Gasteiger partial charge in [-0.2, -0.15) is 0 Å². The zero-order valence-electron chi connectivity index (χ0n) is 16.8. The fraction of sp³-hybridized carbons (Fsp3) is 0.0417. The van der Waals surface area contributed by atoms with Gasteiger partial charge in [0.15, 0.2) is 5.76 Å². The zero-order valence-corrected chi connectivity index (χ0v) is 17.5. The second-order valence-corrected chi connectivity index (χ2v) is 7.13. The molecular formula is C24H16ClNO6. The normalized spacial score (nSPS) is 10.6. The lowest BCUT2D eigenvalue weighted by Crippen LogP contribution is -1.99. The molecule has 1 heterocycles. The van der Waals surface area contributed by atoms with Crippen LogP contribution in [-0.2, 0) is 0 Å². The van der Waals surface area contributed by atoms with Gasteiger partial charge in [-0.1, -0.05) is 17.7 Å². The molecule has 0 fully saturated rings. The summed E-state index contributed by atoms with van der Waals surface area (Å²) in [6.45, 7) is 0. The Hall–Kier alpha value is -4.10. The van der Waals surface area contributed by atoms with Crippen LogP contribution in [0.3, 0.4) is 0 Å². The molecule has 0 saturated heterocycles. The average molecular weight is 450 g/mol. The molecule has 0 spiro atoms. The topological polar surface area (TPSA) is 91.8 Å². The number of hydrogen-bond donors (Lipinski definition) is 0. The van der Waals surface area contributed by atoms with E-state index in [0.29, 0.717) is 34.1 Å². The molecule has 8 heteroatoms. The minimum absolute atomic E-state index is 0.121.